The molecule has 1 aliphatic rings. The Morgan fingerprint density at radius 2 is 2.21 bits per heavy atom. The third-order valence-electron chi connectivity index (χ3n) is 3.66. The lowest BCUT2D eigenvalue weighted by atomic mass is 9.97. The SMILES string of the molecule is CCC(NC(=O)C1CCCNC1)c1ccc(Cl)cc1. The van der Waals surface area contributed by atoms with Crippen molar-refractivity contribution in [3.8, 4) is 0 Å². The van der Waals surface area contributed by atoms with Crippen LogP contribution >= 0.6 is 11.6 Å². The van der Waals surface area contributed by atoms with Crippen LogP contribution in [0.4, 0.5) is 0 Å². The molecule has 2 rings (SSSR count). The molecule has 1 aromatic carbocycles. The van der Waals surface area contributed by atoms with E-state index in [-0.39, 0.29) is 17.9 Å². The molecule has 0 radical (unpaired) electrons. The van der Waals surface area contributed by atoms with Crippen LogP contribution in [0.5, 0.6) is 0 Å². The Morgan fingerprint density at radius 3 is 2.79 bits per heavy atom. The fourth-order valence-electron chi connectivity index (χ4n) is 2.48. The highest BCUT2D eigenvalue weighted by atomic mass is 35.5. The summed E-state index contributed by atoms with van der Waals surface area (Å²) in [7, 11) is 0. The molecule has 1 amide bonds. The van der Waals surface area contributed by atoms with E-state index >= 15 is 0 Å². The zero-order chi connectivity index (χ0) is 13.7. The van der Waals surface area contributed by atoms with Crippen molar-refractivity contribution in [1.29, 1.82) is 0 Å². The molecule has 0 bridgehead atoms. The van der Waals surface area contributed by atoms with Crippen LogP contribution in [-0.2, 0) is 4.79 Å². The number of piperidine rings is 1. The second-order valence-electron chi connectivity index (χ2n) is 5.06. The van der Waals surface area contributed by atoms with E-state index in [1.165, 1.54) is 0 Å². The number of benzene rings is 1. The van der Waals surface area contributed by atoms with Gasteiger partial charge in [0.2, 0.25) is 5.91 Å². The first kappa shape index (κ1) is 14.4. The van der Waals surface area contributed by atoms with E-state index in [9.17, 15) is 4.79 Å². The fraction of sp³-hybridized carbons (Fsp3) is 0.533. The molecule has 3 nitrogen and oxygen atoms in total. The molecule has 2 N–H and O–H groups in total. The number of hydrogen-bond donors (Lipinski definition) is 2. The van der Waals surface area contributed by atoms with E-state index in [0.29, 0.717) is 0 Å². The minimum atomic E-state index is 0.0756. The second-order valence-corrected chi connectivity index (χ2v) is 5.50. The maximum absolute atomic E-state index is 12.2. The van der Waals surface area contributed by atoms with E-state index < -0.39 is 0 Å². The van der Waals surface area contributed by atoms with Crippen LogP contribution in [0, 0.1) is 5.92 Å². The molecule has 0 aromatic heterocycles. The molecule has 2 atom stereocenters. The lowest BCUT2D eigenvalue weighted by Gasteiger charge is -2.25. The van der Waals surface area contributed by atoms with Gasteiger partial charge in [0.15, 0.2) is 0 Å². The lowest BCUT2D eigenvalue weighted by Crippen LogP contribution is -2.41. The monoisotopic (exact) mass is 280 g/mol. The Kier molecular flexibility index (Phi) is 5.23. The molecule has 1 fully saturated rings. The first-order valence-corrected chi connectivity index (χ1v) is 7.35. The van der Waals surface area contributed by atoms with Gasteiger partial charge in [0.25, 0.3) is 0 Å². The van der Waals surface area contributed by atoms with Gasteiger partial charge in [-0.05, 0) is 43.5 Å². The minimum Gasteiger partial charge on any atom is -0.349 e. The Hall–Kier alpha value is -1.06. The molecule has 0 spiro atoms. The van der Waals surface area contributed by atoms with E-state index in [0.717, 1.165) is 42.9 Å². The lowest BCUT2D eigenvalue weighted by molar-refractivity contribution is -0.126. The van der Waals surface area contributed by atoms with Gasteiger partial charge in [0.05, 0.1) is 12.0 Å². The van der Waals surface area contributed by atoms with Crippen molar-refractivity contribution in [3.63, 3.8) is 0 Å². The van der Waals surface area contributed by atoms with Crippen LogP contribution in [0.25, 0.3) is 0 Å². The van der Waals surface area contributed by atoms with Gasteiger partial charge >= 0.3 is 0 Å². The van der Waals surface area contributed by atoms with Gasteiger partial charge in [0, 0.05) is 11.6 Å². The number of carbonyl (C=O) groups excluding carboxylic acids is 1. The highest BCUT2D eigenvalue weighted by molar-refractivity contribution is 6.30. The Labute approximate surface area is 119 Å². The number of halogens is 1. The van der Waals surface area contributed by atoms with Gasteiger partial charge < -0.3 is 10.6 Å². The van der Waals surface area contributed by atoms with Gasteiger partial charge in [-0.2, -0.15) is 0 Å². The van der Waals surface area contributed by atoms with Crippen LogP contribution in [0.3, 0.4) is 0 Å². The first-order chi connectivity index (χ1) is 9.20. The maximum atomic E-state index is 12.2. The summed E-state index contributed by atoms with van der Waals surface area (Å²) in [6.45, 7) is 3.90. The summed E-state index contributed by atoms with van der Waals surface area (Å²) in [6, 6.07) is 7.78. The summed E-state index contributed by atoms with van der Waals surface area (Å²) in [6.07, 6.45) is 2.94. The molecular formula is C15H21ClN2O. The highest BCUT2D eigenvalue weighted by Gasteiger charge is 2.23. The molecule has 104 valence electrons. The standard InChI is InChI=1S/C15H21ClN2O/c1-2-14(11-5-7-13(16)8-6-11)18-15(19)12-4-3-9-17-10-12/h5-8,12,14,17H,2-4,9-10H2,1H3,(H,18,19). The first-order valence-electron chi connectivity index (χ1n) is 6.97. The van der Waals surface area contributed by atoms with Crippen molar-refractivity contribution < 1.29 is 4.79 Å². The molecule has 0 aliphatic carbocycles. The highest BCUT2D eigenvalue weighted by Crippen LogP contribution is 2.20. The third-order valence-corrected chi connectivity index (χ3v) is 3.92. The van der Waals surface area contributed by atoms with Crippen molar-refractivity contribution in [1.82, 2.24) is 10.6 Å². The smallest absolute Gasteiger partial charge is 0.224 e. The van der Waals surface area contributed by atoms with Crippen LogP contribution in [0.2, 0.25) is 5.02 Å². The zero-order valence-electron chi connectivity index (χ0n) is 11.3. The summed E-state index contributed by atoms with van der Waals surface area (Å²) in [5, 5.41) is 7.15. The molecule has 2 unspecified atom stereocenters. The van der Waals surface area contributed by atoms with Crippen molar-refractivity contribution >= 4 is 17.5 Å². The van der Waals surface area contributed by atoms with Crippen LogP contribution < -0.4 is 10.6 Å². The van der Waals surface area contributed by atoms with Crippen LogP contribution in [0.1, 0.15) is 37.8 Å². The average molecular weight is 281 g/mol. The largest absolute Gasteiger partial charge is 0.349 e. The molecule has 1 aromatic rings. The molecular weight excluding hydrogens is 260 g/mol. The number of nitrogens with one attached hydrogen (secondary N) is 2. The molecule has 4 heteroatoms. The predicted molar refractivity (Wildman–Crippen MR) is 78.2 cm³/mol. The summed E-state index contributed by atoms with van der Waals surface area (Å²) in [5.41, 5.74) is 1.11. The molecule has 0 saturated carbocycles. The molecule has 1 heterocycles. The Bertz CT molecular complexity index is 413. The second kappa shape index (κ2) is 6.92. The molecule has 19 heavy (non-hydrogen) atoms. The topological polar surface area (TPSA) is 41.1 Å². The van der Waals surface area contributed by atoms with Crippen molar-refractivity contribution in [2.75, 3.05) is 13.1 Å². The minimum absolute atomic E-state index is 0.0756. The van der Waals surface area contributed by atoms with E-state index in [2.05, 4.69) is 17.6 Å². The summed E-state index contributed by atoms with van der Waals surface area (Å²) >= 11 is 5.89. The third kappa shape index (κ3) is 3.95. The van der Waals surface area contributed by atoms with Crippen molar-refractivity contribution in [2.24, 2.45) is 5.92 Å². The van der Waals surface area contributed by atoms with Gasteiger partial charge in [0.1, 0.15) is 0 Å². The van der Waals surface area contributed by atoms with Gasteiger partial charge in [-0.3, -0.25) is 4.79 Å². The predicted octanol–water partition coefficient (Wildman–Crippen LogP) is 2.91. The van der Waals surface area contributed by atoms with Gasteiger partial charge in [-0.1, -0.05) is 30.7 Å². The van der Waals surface area contributed by atoms with E-state index in [1.807, 2.05) is 24.3 Å². The Balaban J connectivity index is 1.98. The van der Waals surface area contributed by atoms with Gasteiger partial charge in [-0.15, -0.1) is 0 Å². The van der Waals surface area contributed by atoms with Crippen molar-refractivity contribution in [2.45, 2.75) is 32.2 Å². The normalized spacial score (nSPS) is 20.8. The number of carbonyl (C=O) groups is 1. The summed E-state index contributed by atoms with van der Waals surface area (Å²) in [4.78, 5) is 12.2. The number of hydrogen-bond acceptors (Lipinski definition) is 2. The van der Waals surface area contributed by atoms with Gasteiger partial charge in [-0.25, -0.2) is 0 Å². The quantitative estimate of drug-likeness (QED) is 0.890. The number of amides is 1. The zero-order valence-corrected chi connectivity index (χ0v) is 12.0. The van der Waals surface area contributed by atoms with E-state index in [4.69, 9.17) is 11.6 Å². The van der Waals surface area contributed by atoms with Crippen LogP contribution in [0.15, 0.2) is 24.3 Å². The number of rotatable bonds is 4. The summed E-state index contributed by atoms with van der Waals surface area (Å²) < 4.78 is 0. The Morgan fingerprint density at radius 1 is 1.47 bits per heavy atom. The average Bonchev–Trinajstić information content (AvgIpc) is 2.46. The summed E-state index contributed by atoms with van der Waals surface area (Å²) in [5.74, 6) is 0.268. The molecule has 1 aliphatic heterocycles. The maximum Gasteiger partial charge on any atom is 0.224 e. The van der Waals surface area contributed by atoms with Crippen molar-refractivity contribution in [3.05, 3.63) is 34.9 Å². The molecule has 1 saturated heterocycles. The van der Waals surface area contributed by atoms with Crippen LogP contribution in [-0.4, -0.2) is 19.0 Å². The van der Waals surface area contributed by atoms with E-state index in [1.54, 1.807) is 0 Å². The fourth-order valence-corrected chi connectivity index (χ4v) is 2.61.